The number of ether oxygens (including phenoxy) is 1. The largest absolute Gasteiger partial charge is 0.497 e. The molecule has 16 heavy (non-hydrogen) atoms. The van der Waals surface area contributed by atoms with Crippen molar-refractivity contribution in [1.29, 1.82) is 0 Å². The van der Waals surface area contributed by atoms with Crippen molar-refractivity contribution < 1.29 is 18.3 Å². The number of amides is 1. The van der Waals surface area contributed by atoms with E-state index < -0.39 is 10.7 Å². The van der Waals surface area contributed by atoms with Crippen LogP contribution in [0.2, 0.25) is 0 Å². The van der Waals surface area contributed by atoms with Gasteiger partial charge in [-0.25, -0.2) is 0 Å². The third kappa shape index (κ3) is 3.77. The van der Waals surface area contributed by atoms with E-state index in [0.717, 1.165) is 0 Å². The number of nitrogens with one attached hydrogen (secondary N) is 1. The molecule has 0 aliphatic heterocycles. The monoisotopic (exact) mass is 293 g/mol. The fourth-order valence-electron chi connectivity index (χ4n) is 1.03. The molecule has 0 heterocycles. The van der Waals surface area contributed by atoms with E-state index in [4.69, 9.17) is 4.74 Å². The number of alkyl halides is 3. The fraction of sp³-hybridized carbons (Fsp3) is 0.300. The van der Waals surface area contributed by atoms with Gasteiger partial charge in [0.2, 0.25) is 0 Å². The van der Waals surface area contributed by atoms with Crippen LogP contribution in [0, 0.1) is 0 Å². The third-order valence-electron chi connectivity index (χ3n) is 1.87. The van der Waals surface area contributed by atoms with Gasteiger partial charge in [0.15, 0.2) is 0 Å². The highest BCUT2D eigenvalue weighted by Crippen LogP contribution is 2.21. The van der Waals surface area contributed by atoms with E-state index >= 15 is 0 Å². The molecule has 1 aromatic rings. The predicted octanol–water partition coefficient (Wildman–Crippen LogP) is 2.30. The van der Waals surface area contributed by atoms with E-state index in [2.05, 4.69) is 5.32 Å². The SMILES string of the molecule is COc1ccc(CNC(=O)C(F)(F)Br)cc1. The molecule has 0 bridgehead atoms. The summed E-state index contributed by atoms with van der Waals surface area (Å²) >= 11 is 1.97. The molecule has 0 aliphatic carbocycles. The lowest BCUT2D eigenvalue weighted by atomic mass is 10.2. The van der Waals surface area contributed by atoms with Gasteiger partial charge in [0.1, 0.15) is 5.75 Å². The minimum atomic E-state index is -3.53. The second kappa shape index (κ2) is 5.25. The first-order valence-corrected chi connectivity index (χ1v) is 5.20. The zero-order chi connectivity index (χ0) is 12.2. The molecule has 0 spiro atoms. The van der Waals surface area contributed by atoms with E-state index in [1.165, 1.54) is 7.11 Å². The normalized spacial score (nSPS) is 11.0. The van der Waals surface area contributed by atoms with Gasteiger partial charge < -0.3 is 10.1 Å². The number of hydrogen-bond acceptors (Lipinski definition) is 2. The molecule has 0 atom stereocenters. The highest BCUT2D eigenvalue weighted by atomic mass is 79.9. The van der Waals surface area contributed by atoms with Crippen LogP contribution >= 0.6 is 15.9 Å². The Morgan fingerprint density at radius 1 is 1.44 bits per heavy atom. The second-order valence-corrected chi connectivity index (χ2v) is 4.02. The average molecular weight is 294 g/mol. The molecule has 0 fully saturated rings. The standard InChI is InChI=1S/C10H10BrF2NO2/c1-16-8-4-2-7(3-5-8)6-14-9(15)10(11,12)13/h2-5H,6H2,1H3,(H,14,15). The van der Waals surface area contributed by atoms with Crippen LogP contribution < -0.4 is 10.1 Å². The Hall–Kier alpha value is -1.17. The molecule has 6 heteroatoms. The Kier molecular flexibility index (Phi) is 4.23. The van der Waals surface area contributed by atoms with Crippen molar-refractivity contribution in [3.05, 3.63) is 29.8 Å². The van der Waals surface area contributed by atoms with Crippen LogP contribution in [-0.2, 0) is 11.3 Å². The quantitative estimate of drug-likeness (QED) is 0.865. The zero-order valence-corrected chi connectivity index (χ0v) is 10.1. The van der Waals surface area contributed by atoms with Crippen molar-refractivity contribution >= 4 is 21.8 Å². The highest BCUT2D eigenvalue weighted by molar-refractivity contribution is 9.10. The van der Waals surface area contributed by atoms with Gasteiger partial charge in [-0.3, -0.25) is 4.79 Å². The minimum absolute atomic E-state index is 0.0457. The van der Waals surface area contributed by atoms with E-state index in [0.29, 0.717) is 11.3 Å². The van der Waals surface area contributed by atoms with Gasteiger partial charge in [0.25, 0.3) is 0 Å². The van der Waals surface area contributed by atoms with E-state index in [-0.39, 0.29) is 6.54 Å². The lowest BCUT2D eigenvalue weighted by Crippen LogP contribution is -2.35. The van der Waals surface area contributed by atoms with Crippen molar-refractivity contribution in [2.45, 2.75) is 11.4 Å². The van der Waals surface area contributed by atoms with Crippen LogP contribution in [0.1, 0.15) is 5.56 Å². The van der Waals surface area contributed by atoms with Gasteiger partial charge in [-0.1, -0.05) is 12.1 Å². The summed E-state index contributed by atoms with van der Waals surface area (Å²) in [6.07, 6.45) is 0. The third-order valence-corrected chi connectivity index (χ3v) is 2.23. The number of carbonyl (C=O) groups is 1. The van der Waals surface area contributed by atoms with Gasteiger partial charge in [0.05, 0.1) is 7.11 Å². The summed E-state index contributed by atoms with van der Waals surface area (Å²) in [6, 6.07) is 6.75. The Morgan fingerprint density at radius 2 is 2.00 bits per heavy atom. The van der Waals surface area contributed by atoms with Gasteiger partial charge in [-0.2, -0.15) is 8.78 Å². The molecular formula is C10H10BrF2NO2. The summed E-state index contributed by atoms with van der Waals surface area (Å²) in [6.45, 7) is 0.0457. The molecule has 3 nitrogen and oxygen atoms in total. The summed E-state index contributed by atoms with van der Waals surface area (Å²) in [5.74, 6) is -0.691. The summed E-state index contributed by atoms with van der Waals surface area (Å²) in [7, 11) is 1.53. The molecule has 0 saturated heterocycles. The number of benzene rings is 1. The molecule has 0 radical (unpaired) electrons. The lowest BCUT2D eigenvalue weighted by molar-refractivity contribution is -0.134. The summed E-state index contributed by atoms with van der Waals surface area (Å²) < 4.78 is 29.8. The van der Waals surface area contributed by atoms with Crippen LogP contribution in [0.5, 0.6) is 5.75 Å². The van der Waals surface area contributed by atoms with Crippen molar-refractivity contribution in [1.82, 2.24) is 5.32 Å². The van der Waals surface area contributed by atoms with Gasteiger partial charge in [-0.15, -0.1) is 0 Å². The Morgan fingerprint density at radius 3 is 2.44 bits per heavy atom. The number of rotatable bonds is 4. The van der Waals surface area contributed by atoms with Crippen LogP contribution in [0.3, 0.4) is 0 Å². The van der Waals surface area contributed by atoms with Crippen LogP contribution in [-0.4, -0.2) is 17.8 Å². The van der Waals surface area contributed by atoms with Crippen molar-refractivity contribution in [3.8, 4) is 5.75 Å². The Balaban J connectivity index is 2.52. The molecular weight excluding hydrogens is 284 g/mol. The first kappa shape index (κ1) is 12.9. The van der Waals surface area contributed by atoms with E-state index in [1.807, 2.05) is 15.9 Å². The molecule has 1 aromatic carbocycles. The molecule has 88 valence electrons. The molecule has 0 aromatic heterocycles. The van der Waals surface area contributed by atoms with Crippen molar-refractivity contribution in [2.24, 2.45) is 0 Å². The molecule has 1 rings (SSSR count). The summed E-state index contributed by atoms with van der Waals surface area (Å²) in [5, 5.41) is 2.10. The van der Waals surface area contributed by atoms with Gasteiger partial charge in [0, 0.05) is 22.5 Å². The average Bonchev–Trinajstić information content (AvgIpc) is 2.25. The topological polar surface area (TPSA) is 38.3 Å². The molecule has 1 N–H and O–H groups in total. The van der Waals surface area contributed by atoms with Crippen LogP contribution in [0.15, 0.2) is 24.3 Å². The Bertz CT molecular complexity index is 362. The maximum Gasteiger partial charge on any atom is 0.377 e. The zero-order valence-electron chi connectivity index (χ0n) is 8.47. The maximum atomic E-state index is 12.4. The number of carbonyl (C=O) groups excluding carboxylic acids is 1. The van der Waals surface area contributed by atoms with Crippen molar-refractivity contribution in [2.75, 3.05) is 7.11 Å². The number of hydrogen-bond donors (Lipinski definition) is 1. The second-order valence-electron chi connectivity index (χ2n) is 3.03. The molecule has 0 unspecified atom stereocenters. The fourth-order valence-corrected chi connectivity index (χ4v) is 1.17. The summed E-state index contributed by atoms with van der Waals surface area (Å²) in [5.41, 5.74) is 0.714. The maximum absolute atomic E-state index is 12.4. The number of halogens is 3. The minimum Gasteiger partial charge on any atom is -0.497 e. The van der Waals surface area contributed by atoms with E-state index in [1.54, 1.807) is 24.3 Å². The van der Waals surface area contributed by atoms with Crippen molar-refractivity contribution in [3.63, 3.8) is 0 Å². The van der Waals surface area contributed by atoms with E-state index in [9.17, 15) is 13.6 Å². The van der Waals surface area contributed by atoms with Gasteiger partial charge >= 0.3 is 10.7 Å². The van der Waals surface area contributed by atoms with Gasteiger partial charge in [-0.05, 0) is 17.7 Å². The first-order valence-electron chi connectivity index (χ1n) is 4.41. The van der Waals surface area contributed by atoms with Crippen LogP contribution in [0.25, 0.3) is 0 Å². The Labute approximate surface area is 99.9 Å². The highest BCUT2D eigenvalue weighted by Gasteiger charge is 2.34. The number of methoxy groups -OCH3 is 1. The first-order chi connectivity index (χ1) is 7.43. The van der Waals surface area contributed by atoms with Crippen LogP contribution in [0.4, 0.5) is 8.78 Å². The molecule has 0 aliphatic rings. The lowest BCUT2D eigenvalue weighted by Gasteiger charge is -2.09. The molecule has 1 amide bonds. The predicted molar refractivity (Wildman–Crippen MR) is 58.7 cm³/mol. The molecule has 0 saturated carbocycles. The smallest absolute Gasteiger partial charge is 0.377 e. The summed E-state index contributed by atoms with van der Waals surface area (Å²) in [4.78, 5) is 7.30.